The van der Waals surface area contributed by atoms with Gasteiger partial charge in [0.05, 0.1) is 6.26 Å². The number of hydrogen-bond acceptors (Lipinski definition) is 4. The molecule has 0 radical (unpaired) electrons. The molecule has 28 heavy (non-hydrogen) atoms. The van der Waals surface area contributed by atoms with Gasteiger partial charge in [0.1, 0.15) is 0 Å². The molecule has 3 amide bonds. The lowest BCUT2D eigenvalue weighted by Gasteiger charge is -2.33. The monoisotopic (exact) mass is 402 g/mol. The molecule has 3 rings (SSSR count). The molecule has 0 unspecified atom stereocenters. The van der Waals surface area contributed by atoms with Gasteiger partial charge in [-0.25, -0.2) is 13.2 Å². The SMILES string of the molecule is CS(=O)(=O)N1CCN(C(=O)c2ccc(NC(=O)Nc3ccccc3)cc2)CC1. The van der Waals surface area contributed by atoms with E-state index in [-0.39, 0.29) is 11.9 Å². The van der Waals surface area contributed by atoms with E-state index in [0.29, 0.717) is 43.1 Å². The van der Waals surface area contributed by atoms with Gasteiger partial charge in [0, 0.05) is 43.1 Å². The third-order valence-electron chi connectivity index (χ3n) is 4.42. The zero-order valence-electron chi connectivity index (χ0n) is 15.5. The Labute approximate surface area is 164 Å². The maximum absolute atomic E-state index is 12.6. The van der Waals surface area contributed by atoms with Crippen LogP contribution in [0.15, 0.2) is 54.6 Å². The van der Waals surface area contributed by atoms with Crippen molar-refractivity contribution < 1.29 is 18.0 Å². The lowest BCUT2D eigenvalue weighted by molar-refractivity contribution is 0.0698. The molecule has 2 N–H and O–H groups in total. The molecule has 0 aliphatic carbocycles. The second-order valence-corrected chi connectivity index (χ2v) is 8.46. The van der Waals surface area contributed by atoms with E-state index in [0.717, 1.165) is 0 Å². The molecule has 148 valence electrons. The summed E-state index contributed by atoms with van der Waals surface area (Å²) < 4.78 is 24.5. The second-order valence-electron chi connectivity index (χ2n) is 6.48. The van der Waals surface area contributed by atoms with E-state index in [4.69, 9.17) is 0 Å². The maximum atomic E-state index is 12.6. The van der Waals surface area contributed by atoms with Crippen molar-refractivity contribution in [3.8, 4) is 0 Å². The standard InChI is InChI=1S/C19H22N4O4S/c1-28(26,27)23-13-11-22(12-14-23)18(24)15-7-9-17(10-8-15)21-19(25)20-16-5-3-2-4-6-16/h2-10H,11-14H2,1H3,(H2,20,21,25). The minimum Gasteiger partial charge on any atom is -0.336 e. The number of sulfonamides is 1. The number of nitrogens with one attached hydrogen (secondary N) is 2. The molecule has 0 saturated carbocycles. The van der Waals surface area contributed by atoms with Crippen molar-refractivity contribution in [1.82, 2.24) is 9.21 Å². The van der Waals surface area contributed by atoms with E-state index in [1.54, 1.807) is 41.3 Å². The fourth-order valence-electron chi connectivity index (χ4n) is 2.92. The molecule has 9 heteroatoms. The summed E-state index contributed by atoms with van der Waals surface area (Å²) in [4.78, 5) is 26.2. The summed E-state index contributed by atoms with van der Waals surface area (Å²) in [7, 11) is -3.23. The topological polar surface area (TPSA) is 98.8 Å². The highest BCUT2D eigenvalue weighted by Crippen LogP contribution is 2.15. The van der Waals surface area contributed by atoms with Crippen molar-refractivity contribution >= 4 is 33.3 Å². The number of carbonyl (C=O) groups is 2. The van der Waals surface area contributed by atoms with Gasteiger partial charge in [-0.1, -0.05) is 18.2 Å². The van der Waals surface area contributed by atoms with Crippen LogP contribution < -0.4 is 10.6 Å². The van der Waals surface area contributed by atoms with Crippen molar-refractivity contribution in [2.45, 2.75) is 0 Å². The molecule has 1 heterocycles. The quantitative estimate of drug-likeness (QED) is 0.818. The predicted molar refractivity (Wildman–Crippen MR) is 108 cm³/mol. The van der Waals surface area contributed by atoms with Gasteiger partial charge in [-0.3, -0.25) is 4.79 Å². The number of hydrogen-bond donors (Lipinski definition) is 2. The summed E-state index contributed by atoms with van der Waals surface area (Å²) in [5.74, 6) is -0.159. The first-order valence-corrected chi connectivity index (χ1v) is 10.7. The average Bonchev–Trinajstić information content (AvgIpc) is 2.68. The summed E-state index contributed by atoms with van der Waals surface area (Å²) in [5, 5.41) is 5.43. The van der Waals surface area contributed by atoms with Gasteiger partial charge in [-0.2, -0.15) is 4.31 Å². The fourth-order valence-corrected chi connectivity index (χ4v) is 3.74. The van der Waals surface area contributed by atoms with Crippen LogP contribution in [0.25, 0.3) is 0 Å². The molecule has 0 atom stereocenters. The Morgan fingerprint density at radius 2 is 1.36 bits per heavy atom. The molecule has 1 fully saturated rings. The van der Waals surface area contributed by atoms with Crippen LogP contribution in [0.2, 0.25) is 0 Å². The van der Waals surface area contributed by atoms with Gasteiger partial charge in [0.15, 0.2) is 0 Å². The average molecular weight is 402 g/mol. The number of piperazine rings is 1. The number of amides is 3. The number of para-hydroxylation sites is 1. The van der Waals surface area contributed by atoms with Crippen LogP contribution in [0.1, 0.15) is 10.4 Å². The van der Waals surface area contributed by atoms with Gasteiger partial charge < -0.3 is 15.5 Å². The molecule has 2 aromatic rings. The third kappa shape index (κ3) is 5.08. The smallest absolute Gasteiger partial charge is 0.323 e. The Morgan fingerprint density at radius 1 is 0.821 bits per heavy atom. The van der Waals surface area contributed by atoms with Gasteiger partial charge in [-0.05, 0) is 36.4 Å². The molecular formula is C19H22N4O4S. The summed E-state index contributed by atoms with van der Waals surface area (Å²) in [5.41, 5.74) is 1.73. The van der Waals surface area contributed by atoms with Gasteiger partial charge in [-0.15, -0.1) is 0 Å². The van der Waals surface area contributed by atoms with E-state index in [1.807, 2.05) is 18.2 Å². The van der Waals surface area contributed by atoms with E-state index in [9.17, 15) is 18.0 Å². The van der Waals surface area contributed by atoms with Crippen LogP contribution >= 0.6 is 0 Å². The van der Waals surface area contributed by atoms with Crippen LogP contribution in [0.3, 0.4) is 0 Å². The van der Waals surface area contributed by atoms with E-state index >= 15 is 0 Å². The Balaban J connectivity index is 1.55. The number of anilines is 2. The molecule has 1 aliphatic heterocycles. The molecule has 0 spiro atoms. The number of benzene rings is 2. The van der Waals surface area contributed by atoms with Crippen molar-refractivity contribution in [3.05, 3.63) is 60.2 Å². The number of carbonyl (C=O) groups excluding carboxylic acids is 2. The van der Waals surface area contributed by atoms with Crippen molar-refractivity contribution in [2.24, 2.45) is 0 Å². The predicted octanol–water partition coefficient (Wildman–Crippen LogP) is 2.05. The highest BCUT2D eigenvalue weighted by atomic mass is 32.2. The fraction of sp³-hybridized carbons (Fsp3) is 0.263. The van der Waals surface area contributed by atoms with Crippen LogP contribution in [0.4, 0.5) is 16.2 Å². The lowest BCUT2D eigenvalue weighted by atomic mass is 10.1. The highest BCUT2D eigenvalue weighted by molar-refractivity contribution is 7.88. The summed E-state index contributed by atoms with van der Waals surface area (Å²) >= 11 is 0. The zero-order valence-corrected chi connectivity index (χ0v) is 16.3. The Bertz CT molecular complexity index is 938. The second kappa shape index (κ2) is 8.41. The minimum absolute atomic E-state index is 0.159. The van der Waals surface area contributed by atoms with Crippen LogP contribution in [0.5, 0.6) is 0 Å². The third-order valence-corrected chi connectivity index (χ3v) is 5.72. The number of rotatable bonds is 4. The molecular weight excluding hydrogens is 380 g/mol. The van der Waals surface area contributed by atoms with Crippen molar-refractivity contribution in [3.63, 3.8) is 0 Å². The first-order valence-electron chi connectivity index (χ1n) is 8.80. The van der Waals surface area contributed by atoms with E-state index in [2.05, 4.69) is 10.6 Å². The number of urea groups is 1. The molecule has 1 saturated heterocycles. The van der Waals surface area contributed by atoms with Gasteiger partial charge >= 0.3 is 6.03 Å². The Morgan fingerprint density at radius 3 is 1.89 bits per heavy atom. The summed E-state index contributed by atoms with van der Waals surface area (Å²) in [6.45, 7) is 1.30. The summed E-state index contributed by atoms with van der Waals surface area (Å²) in [6.07, 6.45) is 1.17. The van der Waals surface area contributed by atoms with Crippen LogP contribution in [-0.4, -0.2) is 62.0 Å². The largest absolute Gasteiger partial charge is 0.336 e. The zero-order chi connectivity index (χ0) is 20.1. The van der Waals surface area contributed by atoms with Gasteiger partial charge in [0.2, 0.25) is 10.0 Å². The highest BCUT2D eigenvalue weighted by Gasteiger charge is 2.26. The lowest BCUT2D eigenvalue weighted by Crippen LogP contribution is -2.50. The molecule has 1 aliphatic rings. The Hall–Kier alpha value is -2.91. The van der Waals surface area contributed by atoms with E-state index in [1.165, 1.54) is 10.6 Å². The van der Waals surface area contributed by atoms with Gasteiger partial charge in [0.25, 0.3) is 5.91 Å². The first-order chi connectivity index (χ1) is 13.3. The molecule has 2 aromatic carbocycles. The first kappa shape index (κ1) is 19.8. The van der Waals surface area contributed by atoms with Crippen molar-refractivity contribution in [2.75, 3.05) is 43.1 Å². The van der Waals surface area contributed by atoms with Crippen LogP contribution in [0, 0.1) is 0 Å². The molecule has 0 aromatic heterocycles. The van der Waals surface area contributed by atoms with Crippen molar-refractivity contribution in [1.29, 1.82) is 0 Å². The number of nitrogens with zero attached hydrogens (tertiary/aromatic N) is 2. The normalized spacial score (nSPS) is 15.1. The Kier molecular flexibility index (Phi) is 5.96. The van der Waals surface area contributed by atoms with E-state index < -0.39 is 10.0 Å². The molecule has 0 bridgehead atoms. The van der Waals surface area contributed by atoms with Crippen LogP contribution in [-0.2, 0) is 10.0 Å². The summed E-state index contributed by atoms with van der Waals surface area (Å²) in [6, 6.07) is 15.3. The minimum atomic E-state index is -3.23. The molecule has 8 nitrogen and oxygen atoms in total. The maximum Gasteiger partial charge on any atom is 0.323 e.